The summed E-state index contributed by atoms with van der Waals surface area (Å²) in [5.41, 5.74) is 14.2. The van der Waals surface area contributed by atoms with Gasteiger partial charge in [0.25, 0.3) is 0 Å². The highest BCUT2D eigenvalue weighted by Gasteiger charge is 2.22. The van der Waals surface area contributed by atoms with Crippen molar-refractivity contribution in [2.75, 3.05) is 0 Å². The molecule has 2 aromatic carbocycles. The maximum atomic E-state index is 4.88. The van der Waals surface area contributed by atoms with Crippen LogP contribution in [0, 0.1) is 69.2 Å². The normalized spacial score (nSPS) is 11.8. The second-order valence-corrected chi connectivity index (χ2v) is 9.62. The van der Waals surface area contributed by atoms with Crippen LogP contribution in [0.15, 0.2) is 0 Å². The summed E-state index contributed by atoms with van der Waals surface area (Å²) in [4.78, 5) is 9.77. The zero-order valence-corrected chi connectivity index (χ0v) is 20.1. The Morgan fingerprint density at radius 3 is 1.45 bits per heavy atom. The van der Waals surface area contributed by atoms with E-state index in [1.807, 2.05) is 11.3 Å². The fourth-order valence-corrected chi connectivity index (χ4v) is 6.06. The summed E-state index contributed by atoms with van der Waals surface area (Å²) in [6.45, 7) is 22.1. The highest BCUT2D eigenvalue weighted by molar-refractivity contribution is 7.26. The SMILES string of the molecule is Cc1nc(-c2c(C)c(C)c3c(sc4c(C)c(C)c(C)c(C)c43)c2C)nc(C)c1C. The van der Waals surface area contributed by atoms with E-state index in [4.69, 9.17) is 9.97 Å². The lowest BCUT2D eigenvalue weighted by Gasteiger charge is -2.16. The van der Waals surface area contributed by atoms with E-state index in [9.17, 15) is 0 Å². The number of rotatable bonds is 1. The van der Waals surface area contributed by atoms with E-state index in [1.165, 1.54) is 70.2 Å². The van der Waals surface area contributed by atoms with E-state index in [2.05, 4.69) is 69.2 Å². The lowest BCUT2D eigenvalue weighted by atomic mass is 9.89. The molecule has 4 rings (SSSR count). The molecule has 2 heterocycles. The number of thiophene rings is 1. The van der Waals surface area contributed by atoms with E-state index < -0.39 is 0 Å². The Kier molecular flexibility index (Phi) is 4.58. The van der Waals surface area contributed by atoms with E-state index in [1.54, 1.807) is 0 Å². The van der Waals surface area contributed by atoms with E-state index >= 15 is 0 Å². The van der Waals surface area contributed by atoms with E-state index in [0.29, 0.717) is 0 Å². The third kappa shape index (κ3) is 2.67. The van der Waals surface area contributed by atoms with Gasteiger partial charge in [0, 0.05) is 37.1 Å². The Morgan fingerprint density at radius 2 is 0.897 bits per heavy atom. The lowest BCUT2D eigenvalue weighted by molar-refractivity contribution is 1.02. The molecule has 0 N–H and O–H groups in total. The van der Waals surface area contributed by atoms with Crippen molar-refractivity contribution in [2.45, 2.75) is 69.2 Å². The minimum Gasteiger partial charge on any atom is -0.233 e. The summed E-state index contributed by atoms with van der Waals surface area (Å²) in [6, 6.07) is 0. The second-order valence-electron chi connectivity index (χ2n) is 8.60. The Bertz CT molecular complexity index is 1320. The fraction of sp³-hybridized carbons (Fsp3) is 0.385. The van der Waals surface area contributed by atoms with Gasteiger partial charge in [0.15, 0.2) is 5.82 Å². The van der Waals surface area contributed by atoms with Gasteiger partial charge in [-0.25, -0.2) is 9.97 Å². The van der Waals surface area contributed by atoms with Gasteiger partial charge in [-0.1, -0.05) is 0 Å². The molecule has 0 unspecified atom stereocenters. The number of benzene rings is 2. The second kappa shape index (κ2) is 6.63. The standard InChI is InChI=1S/C26H30N2S/c1-11-12(2)16(6)24-22(13(11)3)23-15(5)14(4)21(18(8)25(23)29-24)26-27-19(9)17(7)20(10)28-26/h1-10H3. The molecule has 3 heteroatoms. The first kappa shape index (κ1) is 20.0. The third-order valence-electron chi connectivity index (χ3n) is 7.20. The molecule has 2 aromatic heterocycles. The average molecular weight is 403 g/mol. The van der Waals surface area contributed by atoms with E-state index in [0.717, 1.165) is 17.2 Å². The molecule has 0 amide bonds. The number of aromatic nitrogens is 2. The summed E-state index contributed by atoms with van der Waals surface area (Å²) < 4.78 is 2.81. The molecule has 0 saturated heterocycles. The molecule has 0 saturated carbocycles. The van der Waals surface area contributed by atoms with Gasteiger partial charge < -0.3 is 0 Å². The van der Waals surface area contributed by atoms with Crippen molar-refractivity contribution in [3.05, 3.63) is 55.9 Å². The van der Waals surface area contributed by atoms with E-state index in [-0.39, 0.29) is 0 Å². The molecule has 0 radical (unpaired) electrons. The van der Waals surface area contributed by atoms with Gasteiger partial charge in [0.2, 0.25) is 0 Å². The molecule has 0 spiro atoms. The minimum atomic E-state index is 0.865. The predicted octanol–water partition coefficient (Wildman–Crippen LogP) is 7.60. The van der Waals surface area contributed by atoms with Gasteiger partial charge in [-0.15, -0.1) is 11.3 Å². The van der Waals surface area contributed by atoms with Crippen molar-refractivity contribution in [3.63, 3.8) is 0 Å². The lowest BCUT2D eigenvalue weighted by Crippen LogP contribution is -2.03. The molecule has 0 aliphatic carbocycles. The first-order chi connectivity index (χ1) is 13.6. The molecular weight excluding hydrogens is 372 g/mol. The monoisotopic (exact) mass is 402 g/mol. The molecular formula is C26H30N2S. The van der Waals surface area contributed by atoms with Crippen LogP contribution in [0.5, 0.6) is 0 Å². The first-order valence-electron chi connectivity index (χ1n) is 10.3. The largest absolute Gasteiger partial charge is 0.233 e. The quantitative estimate of drug-likeness (QED) is 0.328. The number of hydrogen-bond donors (Lipinski definition) is 0. The van der Waals surface area contributed by atoms with Gasteiger partial charge in [0.05, 0.1) is 0 Å². The summed E-state index contributed by atoms with van der Waals surface area (Å²) in [5.74, 6) is 0.865. The van der Waals surface area contributed by atoms with Crippen molar-refractivity contribution >= 4 is 31.5 Å². The van der Waals surface area contributed by atoms with Gasteiger partial charge in [0.1, 0.15) is 0 Å². The van der Waals surface area contributed by atoms with Gasteiger partial charge in [-0.05, 0) is 114 Å². The van der Waals surface area contributed by atoms with Crippen LogP contribution in [0.1, 0.15) is 55.9 Å². The molecule has 4 aromatic rings. The Morgan fingerprint density at radius 1 is 0.448 bits per heavy atom. The van der Waals surface area contributed by atoms with Gasteiger partial charge >= 0.3 is 0 Å². The zero-order chi connectivity index (χ0) is 21.4. The predicted molar refractivity (Wildman–Crippen MR) is 128 cm³/mol. The summed E-state index contributed by atoms with van der Waals surface area (Å²) in [7, 11) is 0. The van der Waals surface area contributed by atoms with Crippen LogP contribution in [-0.4, -0.2) is 9.97 Å². The Balaban J connectivity index is 2.21. The van der Waals surface area contributed by atoms with Crippen molar-refractivity contribution in [1.82, 2.24) is 9.97 Å². The number of nitrogens with zero attached hydrogens (tertiary/aromatic N) is 2. The molecule has 0 atom stereocenters. The highest BCUT2D eigenvalue weighted by Crippen LogP contribution is 2.46. The fourth-order valence-electron chi connectivity index (χ4n) is 4.58. The van der Waals surface area contributed by atoms with Gasteiger partial charge in [-0.3, -0.25) is 0 Å². The summed E-state index contributed by atoms with van der Waals surface area (Å²) in [6.07, 6.45) is 0. The van der Waals surface area contributed by atoms with Crippen molar-refractivity contribution in [3.8, 4) is 11.4 Å². The summed E-state index contributed by atoms with van der Waals surface area (Å²) >= 11 is 1.94. The number of hydrogen-bond acceptors (Lipinski definition) is 3. The maximum absolute atomic E-state index is 4.88. The molecule has 0 aliphatic heterocycles. The first-order valence-corrected chi connectivity index (χ1v) is 11.1. The number of aryl methyl sites for hydroxylation is 6. The molecule has 2 nitrogen and oxygen atoms in total. The topological polar surface area (TPSA) is 25.8 Å². The van der Waals surface area contributed by atoms with Crippen molar-refractivity contribution in [1.29, 1.82) is 0 Å². The van der Waals surface area contributed by atoms with Crippen molar-refractivity contribution < 1.29 is 0 Å². The molecule has 29 heavy (non-hydrogen) atoms. The maximum Gasteiger partial charge on any atom is 0.160 e. The zero-order valence-electron chi connectivity index (χ0n) is 19.3. The van der Waals surface area contributed by atoms with Crippen LogP contribution in [0.4, 0.5) is 0 Å². The number of fused-ring (bicyclic) bond motifs is 3. The molecule has 0 aliphatic rings. The van der Waals surface area contributed by atoms with Crippen LogP contribution in [-0.2, 0) is 0 Å². The smallest absolute Gasteiger partial charge is 0.160 e. The average Bonchev–Trinajstić information content (AvgIpc) is 3.08. The van der Waals surface area contributed by atoms with Crippen LogP contribution >= 0.6 is 11.3 Å². The summed E-state index contributed by atoms with van der Waals surface area (Å²) in [5, 5.41) is 2.87. The molecule has 150 valence electrons. The van der Waals surface area contributed by atoms with Gasteiger partial charge in [-0.2, -0.15) is 0 Å². The van der Waals surface area contributed by atoms with Crippen LogP contribution in [0.25, 0.3) is 31.6 Å². The highest BCUT2D eigenvalue weighted by atomic mass is 32.1. The molecule has 0 fully saturated rings. The minimum absolute atomic E-state index is 0.865. The Hall–Kier alpha value is -2.26. The van der Waals surface area contributed by atoms with Crippen LogP contribution in [0.2, 0.25) is 0 Å². The third-order valence-corrected chi connectivity index (χ3v) is 8.62. The van der Waals surface area contributed by atoms with Crippen LogP contribution < -0.4 is 0 Å². The Labute approximate surface area is 178 Å². The van der Waals surface area contributed by atoms with Crippen molar-refractivity contribution in [2.24, 2.45) is 0 Å². The molecule has 0 bridgehead atoms. The van der Waals surface area contributed by atoms with Crippen LogP contribution in [0.3, 0.4) is 0 Å².